The molecule has 8 nitrogen and oxygen atoms in total. The number of ether oxygens (including phenoxy) is 2. The number of nitrogens with zero attached hydrogens (tertiary/aromatic N) is 3. The summed E-state index contributed by atoms with van der Waals surface area (Å²) in [7, 11) is 1.58. The Bertz CT molecular complexity index is 1120. The second-order valence-electron chi connectivity index (χ2n) is 6.84. The van der Waals surface area contributed by atoms with E-state index in [2.05, 4.69) is 15.4 Å². The summed E-state index contributed by atoms with van der Waals surface area (Å²) in [5, 5.41) is 7.84. The van der Waals surface area contributed by atoms with Gasteiger partial charge < -0.3 is 20.5 Å². The number of hydrogen-bond acceptors (Lipinski definition) is 6. The van der Waals surface area contributed by atoms with Gasteiger partial charge in [0.25, 0.3) is 0 Å². The Hall–Kier alpha value is -3.81. The smallest absolute Gasteiger partial charge is 0.248 e. The third-order valence-corrected chi connectivity index (χ3v) is 4.95. The van der Waals surface area contributed by atoms with Gasteiger partial charge in [0, 0.05) is 11.3 Å². The monoisotopic (exact) mass is 405 g/mol. The first-order chi connectivity index (χ1) is 14.5. The van der Waals surface area contributed by atoms with Crippen molar-refractivity contribution < 1.29 is 14.3 Å². The highest BCUT2D eigenvalue weighted by molar-refractivity contribution is 5.95. The van der Waals surface area contributed by atoms with Crippen molar-refractivity contribution in [1.82, 2.24) is 14.8 Å². The fourth-order valence-corrected chi connectivity index (χ4v) is 3.62. The van der Waals surface area contributed by atoms with Gasteiger partial charge in [0.1, 0.15) is 6.04 Å². The number of rotatable bonds is 6. The van der Waals surface area contributed by atoms with E-state index in [0.29, 0.717) is 41.1 Å². The molecule has 8 heteroatoms. The predicted molar refractivity (Wildman–Crippen MR) is 113 cm³/mol. The van der Waals surface area contributed by atoms with Gasteiger partial charge in [0.05, 0.1) is 19.3 Å². The second kappa shape index (κ2) is 7.90. The first-order valence-electron chi connectivity index (χ1n) is 9.63. The van der Waals surface area contributed by atoms with Crippen molar-refractivity contribution in [2.75, 3.05) is 19.0 Å². The molecule has 3 aromatic rings. The van der Waals surface area contributed by atoms with Crippen molar-refractivity contribution in [1.29, 1.82) is 0 Å². The van der Waals surface area contributed by atoms with Crippen LogP contribution in [0.15, 0.2) is 59.8 Å². The van der Waals surface area contributed by atoms with Gasteiger partial charge in [0.15, 0.2) is 17.3 Å². The van der Waals surface area contributed by atoms with E-state index in [1.54, 1.807) is 18.7 Å². The molecule has 1 aliphatic heterocycles. The summed E-state index contributed by atoms with van der Waals surface area (Å²) in [4.78, 5) is 17.0. The Morgan fingerprint density at radius 3 is 2.63 bits per heavy atom. The van der Waals surface area contributed by atoms with Gasteiger partial charge in [0.2, 0.25) is 11.9 Å². The molecule has 0 saturated heterocycles. The average molecular weight is 405 g/mol. The Morgan fingerprint density at radius 1 is 1.20 bits per heavy atom. The molecule has 4 rings (SSSR count). The van der Waals surface area contributed by atoms with Crippen LogP contribution in [0.1, 0.15) is 25.5 Å². The molecule has 0 bridgehead atoms. The number of amides is 1. The first-order valence-corrected chi connectivity index (χ1v) is 9.63. The highest BCUT2D eigenvalue weighted by Crippen LogP contribution is 2.39. The summed E-state index contributed by atoms with van der Waals surface area (Å²) in [6.07, 6.45) is 0. The molecule has 0 aliphatic carbocycles. The van der Waals surface area contributed by atoms with Crippen LogP contribution in [0.3, 0.4) is 0 Å². The highest BCUT2D eigenvalue weighted by atomic mass is 16.5. The second-order valence-corrected chi connectivity index (χ2v) is 6.84. The molecular formula is C22H23N5O3. The third-order valence-electron chi connectivity index (χ3n) is 4.95. The SMILES string of the molecule is CCOc1ccc(C2C(C(N)=O)=C(C)Nc3nc(-c4ccccc4)nn32)cc1OC. The van der Waals surface area contributed by atoms with Gasteiger partial charge in [-0.25, -0.2) is 4.68 Å². The minimum atomic E-state index is -0.548. The number of methoxy groups -OCH3 is 1. The minimum Gasteiger partial charge on any atom is -0.493 e. The maximum Gasteiger partial charge on any atom is 0.248 e. The van der Waals surface area contributed by atoms with E-state index in [-0.39, 0.29) is 0 Å². The quantitative estimate of drug-likeness (QED) is 0.653. The zero-order valence-electron chi connectivity index (χ0n) is 17.0. The fourth-order valence-electron chi connectivity index (χ4n) is 3.62. The van der Waals surface area contributed by atoms with Crippen LogP contribution in [0.2, 0.25) is 0 Å². The van der Waals surface area contributed by atoms with E-state index in [0.717, 1.165) is 11.1 Å². The van der Waals surface area contributed by atoms with Crippen molar-refractivity contribution >= 4 is 11.9 Å². The van der Waals surface area contributed by atoms with Gasteiger partial charge in [-0.05, 0) is 31.5 Å². The molecule has 3 N–H and O–H groups in total. The number of aromatic nitrogens is 3. The van der Waals surface area contributed by atoms with Gasteiger partial charge in [-0.2, -0.15) is 4.98 Å². The number of carbonyl (C=O) groups is 1. The van der Waals surface area contributed by atoms with Gasteiger partial charge in [-0.1, -0.05) is 36.4 Å². The predicted octanol–water partition coefficient (Wildman–Crippen LogP) is 3.13. The number of anilines is 1. The lowest BCUT2D eigenvalue weighted by Crippen LogP contribution is -2.31. The molecule has 2 aromatic carbocycles. The Labute approximate surface area is 174 Å². The van der Waals surface area contributed by atoms with E-state index in [9.17, 15) is 4.79 Å². The third kappa shape index (κ3) is 3.36. The largest absolute Gasteiger partial charge is 0.493 e. The number of nitrogens with two attached hydrogens (primary N) is 1. The number of hydrogen-bond donors (Lipinski definition) is 2. The van der Waals surface area contributed by atoms with E-state index in [4.69, 9.17) is 15.2 Å². The summed E-state index contributed by atoms with van der Waals surface area (Å²) in [6, 6.07) is 14.7. The molecule has 0 radical (unpaired) electrons. The Morgan fingerprint density at radius 2 is 1.97 bits per heavy atom. The summed E-state index contributed by atoms with van der Waals surface area (Å²) in [5.41, 5.74) is 8.47. The standard InChI is InChI=1S/C22H23N5O3/c1-4-30-16-11-10-15(12-17(16)29-3)19-18(20(23)28)13(2)24-22-25-21(26-27(19)22)14-8-6-5-7-9-14/h5-12,19H,4H2,1-3H3,(H2,23,28)(H,24,25,26). The summed E-state index contributed by atoms with van der Waals surface area (Å²) in [5.74, 6) is 1.76. The molecule has 1 atom stereocenters. The highest BCUT2D eigenvalue weighted by Gasteiger charge is 2.34. The van der Waals surface area contributed by atoms with Crippen LogP contribution in [0.4, 0.5) is 5.95 Å². The lowest BCUT2D eigenvalue weighted by atomic mass is 9.95. The molecule has 30 heavy (non-hydrogen) atoms. The average Bonchev–Trinajstić information content (AvgIpc) is 3.17. The lowest BCUT2D eigenvalue weighted by molar-refractivity contribution is -0.115. The topological polar surface area (TPSA) is 104 Å². The molecule has 2 heterocycles. The zero-order valence-corrected chi connectivity index (χ0v) is 17.0. The van der Waals surface area contributed by atoms with Gasteiger partial charge in [-0.3, -0.25) is 4.79 Å². The van der Waals surface area contributed by atoms with Gasteiger partial charge >= 0.3 is 0 Å². The molecule has 1 amide bonds. The van der Waals surface area contributed by atoms with E-state index >= 15 is 0 Å². The molecule has 1 aromatic heterocycles. The van der Waals surface area contributed by atoms with Crippen LogP contribution in [0.5, 0.6) is 11.5 Å². The van der Waals surface area contributed by atoms with Crippen molar-refractivity contribution in [3.05, 3.63) is 65.4 Å². The number of fused-ring (bicyclic) bond motifs is 1. The molecular weight excluding hydrogens is 382 g/mol. The molecule has 1 unspecified atom stereocenters. The summed E-state index contributed by atoms with van der Waals surface area (Å²) >= 11 is 0. The van der Waals surface area contributed by atoms with Crippen molar-refractivity contribution in [2.24, 2.45) is 5.73 Å². The fraction of sp³-hybridized carbons (Fsp3) is 0.227. The number of carbonyl (C=O) groups excluding carboxylic acids is 1. The van der Waals surface area contributed by atoms with Crippen LogP contribution < -0.4 is 20.5 Å². The number of allylic oxidation sites excluding steroid dienone is 1. The number of nitrogens with one attached hydrogen (secondary N) is 1. The first kappa shape index (κ1) is 19.5. The maximum absolute atomic E-state index is 12.4. The number of benzene rings is 2. The molecule has 1 aliphatic rings. The van der Waals surface area contributed by atoms with Crippen molar-refractivity contribution in [3.63, 3.8) is 0 Å². The van der Waals surface area contributed by atoms with E-state index in [1.165, 1.54) is 0 Å². The van der Waals surface area contributed by atoms with Crippen LogP contribution in [-0.2, 0) is 4.79 Å². The maximum atomic E-state index is 12.4. The minimum absolute atomic E-state index is 0.415. The molecule has 0 spiro atoms. The summed E-state index contributed by atoms with van der Waals surface area (Å²) < 4.78 is 12.8. The van der Waals surface area contributed by atoms with Crippen molar-refractivity contribution in [2.45, 2.75) is 19.9 Å². The van der Waals surface area contributed by atoms with Crippen LogP contribution in [0, 0.1) is 0 Å². The van der Waals surface area contributed by atoms with Crippen LogP contribution >= 0.6 is 0 Å². The Balaban J connectivity index is 1.87. The van der Waals surface area contributed by atoms with E-state index in [1.807, 2.05) is 55.5 Å². The van der Waals surface area contributed by atoms with E-state index < -0.39 is 11.9 Å². The number of primary amides is 1. The van der Waals surface area contributed by atoms with Crippen LogP contribution in [-0.4, -0.2) is 34.4 Å². The molecule has 154 valence electrons. The molecule has 0 fully saturated rings. The zero-order chi connectivity index (χ0) is 21.3. The lowest BCUT2D eigenvalue weighted by Gasteiger charge is -2.28. The normalized spacial score (nSPS) is 15.4. The van der Waals surface area contributed by atoms with Crippen molar-refractivity contribution in [3.8, 4) is 22.9 Å². The molecule has 0 saturated carbocycles. The van der Waals surface area contributed by atoms with Crippen LogP contribution in [0.25, 0.3) is 11.4 Å². The Kier molecular flexibility index (Phi) is 5.14. The summed E-state index contributed by atoms with van der Waals surface area (Å²) in [6.45, 7) is 4.23. The van der Waals surface area contributed by atoms with Gasteiger partial charge in [-0.15, -0.1) is 5.10 Å².